The summed E-state index contributed by atoms with van der Waals surface area (Å²) in [5.41, 5.74) is 1.43. The van der Waals surface area contributed by atoms with E-state index < -0.39 is 0 Å². The molecule has 0 saturated heterocycles. The molecule has 0 heterocycles. The highest BCUT2D eigenvalue weighted by atomic mass is 35.5. The number of nitrogens with one attached hydrogen (secondary N) is 2. The second-order valence-corrected chi connectivity index (χ2v) is 6.23. The highest BCUT2D eigenvalue weighted by Crippen LogP contribution is 2.25. The van der Waals surface area contributed by atoms with Crippen molar-refractivity contribution in [2.45, 2.75) is 12.8 Å². The van der Waals surface area contributed by atoms with Gasteiger partial charge in [-0.2, -0.15) is 0 Å². The summed E-state index contributed by atoms with van der Waals surface area (Å²) in [7, 11) is 3.19. The molecule has 0 spiro atoms. The van der Waals surface area contributed by atoms with Crippen LogP contribution in [0.25, 0.3) is 0 Å². The van der Waals surface area contributed by atoms with Crippen molar-refractivity contribution in [1.29, 1.82) is 0 Å². The summed E-state index contributed by atoms with van der Waals surface area (Å²) in [6.07, 6.45) is 0.845. The minimum absolute atomic E-state index is 0.0967. The molecule has 2 N–H and O–H groups in total. The molecule has 0 aliphatic rings. The molecule has 6 nitrogen and oxygen atoms in total. The summed E-state index contributed by atoms with van der Waals surface area (Å²) < 4.78 is 10.5. The summed E-state index contributed by atoms with van der Waals surface area (Å²) in [6.45, 7) is 0.698. The Morgan fingerprint density at radius 2 is 1.67 bits per heavy atom. The van der Waals surface area contributed by atoms with Crippen molar-refractivity contribution in [3.05, 3.63) is 58.6 Å². The van der Waals surface area contributed by atoms with Crippen molar-refractivity contribution in [3.63, 3.8) is 0 Å². The lowest BCUT2D eigenvalue weighted by molar-refractivity contribution is -0.121. The lowest BCUT2D eigenvalue weighted by Crippen LogP contribution is -2.34. The summed E-state index contributed by atoms with van der Waals surface area (Å²) in [6, 6.07) is 12.1. The van der Waals surface area contributed by atoms with Crippen LogP contribution in [0.1, 0.15) is 22.3 Å². The van der Waals surface area contributed by atoms with Crippen LogP contribution in [0.5, 0.6) is 11.5 Å². The zero-order chi connectivity index (χ0) is 19.6. The summed E-state index contributed by atoms with van der Waals surface area (Å²) >= 11 is 5.79. The molecule has 2 rings (SSSR count). The van der Waals surface area contributed by atoms with Crippen molar-refractivity contribution in [3.8, 4) is 11.5 Å². The van der Waals surface area contributed by atoms with Crippen LogP contribution < -0.4 is 20.1 Å². The van der Waals surface area contributed by atoms with Crippen LogP contribution in [0.15, 0.2) is 42.5 Å². The first-order chi connectivity index (χ1) is 13.0. The van der Waals surface area contributed by atoms with Crippen molar-refractivity contribution in [2.75, 3.05) is 27.3 Å². The van der Waals surface area contributed by atoms with Gasteiger partial charge in [-0.3, -0.25) is 9.59 Å². The molecule has 0 fully saturated rings. The molecular weight excluding hydrogens is 368 g/mol. The summed E-state index contributed by atoms with van der Waals surface area (Å²) in [5, 5.41) is 6.11. The zero-order valence-electron chi connectivity index (χ0n) is 15.4. The van der Waals surface area contributed by atoms with Gasteiger partial charge in [0.2, 0.25) is 5.91 Å². The van der Waals surface area contributed by atoms with Gasteiger partial charge < -0.3 is 20.1 Å². The summed E-state index contributed by atoms with van der Waals surface area (Å²) in [4.78, 5) is 24.0. The maximum atomic E-state index is 12.0. The molecule has 2 aromatic carbocycles. The van der Waals surface area contributed by atoms with Crippen molar-refractivity contribution < 1.29 is 19.1 Å². The minimum atomic E-state index is -0.206. The molecule has 2 aromatic rings. The van der Waals surface area contributed by atoms with Crippen molar-refractivity contribution >= 4 is 23.4 Å². The fourth-order valence-corrected chi connectivity index (χ4v) is 2.62. The van der Waals surface area contributed by atoms with E-state index in [-0.39, 0.29) is 11.8 Å². The molecule has 144 valence electrons. The van der Waals surface area contributed by atoms with Gasteiger partial charge in [-0.25, -0.2) is 0 Å². The van der Waals surface area contributed by atoms with E-state index in [9.17, 15) is 9.59 Å². The molecule has 2 amide bonds. The lowest BCUT2D eigenvalue weighted by Gasteiger charge is -2.11. The lowest BCUT2D eigenvalue weighted by atomic mass is 10.1. The molecule has 0 bridgehead atoms. The van der Waals surface area contributed by atoms with E-state index in [0.717, 1.165) is 17.1 Å². The van der Waals surface area contributed by atoms with Crippen molar-refractivity contribution in [2.24, 2.45) is 0 Å². The van der Waals surface area contributed by atoms with Gasteiger partial charge in [0.25, 0.3) is 5.91 Å². The molecule has 7 heteroatoms. The fourth-order valence-electron chi connectivity index (χ4n) is 2.50. The maximum Gasteiger partial charge on any atom is 0.251 e. The van der Waals surface area contributed by atoms with E-state index in [1.807, 2.05) is 18.2 Å². The van der Waals surface area contributed by atoms with Crippen LogP contribution in [0.2, 0.25) is 5.02 Å². The normalized spacial score (nSPS) is 10.2. The van der Waals surface area contributed by atoms with Crippen LogP contribution in [-0.4, -0.2) is 39.1 Å². The molecule has 0 aliphatic heterocycles. The molecule has 0 unspecified atom stereocenters. The van der Waals surface area contributed by atoms with Gasteiger partial charge in [-0.05, 0) is 54.4 Å². The first-order valence-corrected chi connectivity index (χ1v) is 8.92. The average Bonchev–Trinajstić information content (AvgIpc) is 2.69. The number of carbonyl (C=O) groups is 2. The maximum absolute atomic E-state index is 12.0. The number of hydrogen-bond acceptors (Lipinski definition) is 4. The van der Waals surface area contributed by atoms with E-state index >= 15 is 0 Å². The highest BCUT2D eigenvalue weighted by Gasteiger charge is 2.09. The van der Waals surface area contributed by atoms with E-state index in [1.54, 1.807) is 38.5 Å². The Hall–Kier alpha value is -2.73. The van der Waals surface area contributed by atoms with Crippen molar-refractivity contribution in [1.82, 2.24) is 10.6 Å². The Morgan fingerprint density at radius 3 is 2.33 bits per heavy atom. The first kappa shape index (κ1) is 20.6. The smallest absolute Gasteiger partial charge is 0.251 e. The molecule has 0 radical (unpaired) electrons. The number of methoxy groups -OCH3 is 2. The number of halogens is 1. The third-order valence-electron chi connectivity index (χ3n) is 3.95. The molecule has 0 saturated carbocycles. The Bertz CT molecular complexity index is 778. The third-order valence-corrected chi connectivity index (χ3v) is 4.20. The van der Waals surface area contributed by atoms with Crippen LogP contribution >= 0.6 is 11.6 Å². The Morgan fingerprint density at radius 1 is 0.963 bits per heavy atom. The number of rotatable bonds is 9. The standard InChI is InChI=1S/C20H23ClN2O4/c1-26-17-8-9-18(27-2)15(13-17)5-10-19(24)22-11-12-23-20(25)14-3-6-16(21)7-4-14/h3-4,6-9,13H,5,10-12H2,1-2H3,(H,22,24)(H,23,25). The van der Waals surface area contributed by atoms with Gasteiger partial charge >= 0.3 is 0 Å². The SMILES string of the molecule is COc1ccc(OC)c(CCC(=O)NCCNC(=O)c2ccc(Cl)cc2)c1. The third kappa shape index (κ3) is 6.49. The Labute approximate surface area is 163 Å². The van der Waals surface area contributed by atoms with E-state index in [2.05, 4.69) is 10.6 Å². The number of benzene rings is 2. The van der Waals surface area contributed by atoms with Crippen LogP contribution in [0, 0.1) is 0 Å². The largest absolute Gasteiger partial charge is 0.497 e. The predicted molar refractivity (Wildman–Crippen MR) is 105 cm³/mol. The zero-order valence-corrected chi connectivity index (χ0v) is 16.1. The molecule has 0 aromatic heterocycles. The Balaban J connectivity index is 1.72. The topological polar surface area (TPSA) is 76.7 Å². The van der Waals surface area contributed by atoms with Gasteiger partial charge in [-0.15, -0.1) is 0 Å². The van der Waals surface area contributed by atoms with Gasteiger partial charge in [0.1, 0.15) is 11.5 Å². The quantitative estimate of drug-likeness (QED) is 0.645. The molecular formula is C20H23ClN2O4. The van der Waals surface area contributed by atoms with Crippen LogP contribution in [-0.2, 0) is 11.2 Å². The number of amides is 2. The van der Waals surface area contributed by atoms with Gasteiger partial charge in [0, 0.05) is 30.1 Å². The minimum Gasteiger partial charge on any atom is -0.497 e. The summed E-state index contributed by atoms with van der Waals surface area (Å²) in [5.74, 6) is 1.14. The van der Waals surface area contributed by atoms with Gasteiger partial charge in [0.15, 0.2) is 0 Å². The van der Waals surface area contributed by atoms with E-state index in [1.165, 1.54) is 0 Å². The fraction of sp³-hybridized carbons (Fsp3) is 0.300. The monoisotopic (exact) mass is 390 g/mol. The van der Waals surface area contributed by atoms with Crippen LogP contribution in [0.3, 0.4) is 0 Å². The van der Waals surface area contributed by atoms with E-state index in [0.29, 0.717) is 36.5 Å². The average molecular weight is 391 g/mol. The van der Waals surface area contributed by atoms with Gasteiger partial charge in [0.05, 0.1) is 14.2 Å². The second kappa shape index (κ2) is 10.4. The first-order valence-electron chi connectivity index (χ1n) is 8.55. The second-order valence-electron chi connectivity index (χ2n) is 5.79. The molecule has 27 heavy (non-hydrogen) atoms. The highest BCUT2D eigenvalue weighted by molar-refractivity contribution is 6.30. The predicted octanol–water partition coefficient (Wildman–Crippen LogP) is 2.84. The Kier molecular flexibility index (Phi) is 7.95. The van der Waals surface area contributed by atoms with E-state index in [4.69, 9.17) is 21.1 Å². The number of carbonyl (C=O) groups excluding carboxylic acids is 2. The number of hydrogen-bond donors (Lipinski definition) is 2. The number of ether oxygens (including phenoxy) is 2. The molecule has 0 aliphatic carbocycles. The van der Waals surface area contributed by atoms with Gasteiger partial charge in [-0.1, -0.05) is 11.6 Å². The van der Waals surface area contributed by atoms with Crippen LogP contribution in [0.4, 0.5) is 0 Å². The number of aryl methyl sites for hydroxylation is 1. The molecule has 0 atom stereocenters.